The van der Waals surface area contributed by atoms with E-state index in [2.05, 4.69) is 14.6 Å². The zero-order valence-corrected chi connectivity index (χ0v) is 16.2. The van der Waals surface area contributed by atoms with Gasteiger partial charge in [-0.3, -0.25) is 4.99 Å². The maximum atomic E-state index is 13.4. The number of hydrogen-bond donors (Lipinski definition) is 0. The topological polar surface area (TPSA) is 24.8 Å². The van der Waals surface area contributed by atoms with Crippen LogP contribution in [0.25, 0.3) is 5.70 Å². The molecule has 1 aromatic rings. The molecule has 0 amide bonds. The first-order valence-electron chi connectivity index (χ1n) is 8.33. The average Bonchev–Trinajstić information content (AvgIpc) is 3.13. The molecular formula is C17H14ClF7N2OS. The van der Waals surface area contributed by atoms with Crippen molar-refractivity contribution in [1.29, 1.82) is 0 Å². The van der Waals surface area contributed by atoms with E-state index in [9.17, 15) is 30.7 Å². The van der Waals surface area contributed by atoms with Gasteiger partial charge < -0.3 is 9.64 Å². The first kappa shape index (κ1) is 22.1. The van der Waals surface area contributed by atoms with E-state index in [1.54, 1.807) is 6.07 Å². The lowest BCUT2D eigenvalue weighted by Crippen LogP contribution is -2.54. The third-order valence-corrected chi connectivity index (χ3v) is 5.80. The van der Waals surface area contributed by atoms with E-state index in [0.29, 0.717) is 6.42 Å². The molecular weight excluding hydrogens is 449 g/mol. The number of benzene rings is 1. The van der Waals surface area contributed by atoms with Crippen LogP contribution in [0.5, 0.6) is 5.75 Å². The molecule has 0 saturated heterocycles. The minimum Gasteiger partial charge on any atom is -0.487 e. The van der Waals surface area contributed by atoms with Crippen LogP contribution < -0.4 is 4.74 Å². The van der Waals surface area contributed by atoms with E-state index in [0.717, 1.165) is 46.4 Å². The summed E-state index contributed by atoms with van der Waals surface area (Å²) in [4.78, 5) is 7.58. The third-order valence-electron chi connectivity index (χ3n) is 4.68. The van der Waals surface area contributed by atoms with Crippen LogP contribution in [-0.2, 0) is 6.42 Å². The predicted octanol–water partition coefficient (Wildman–Crippen LogP) is 5.35. The van der Waals surface area contributed by atoms with Crippen molar-refractivity contribution < 1.29 is 35.5 Å². The second-order valence-corrected chi connectivity index (χ2v) is 7.67. The molecule has 0 bridgehead atoms. The van der Waals surface area contributed by atoms with Gasteiger partial charge in [0.1, 0.15) is 5.75 Å². The Balaban J connectivity index is 0.00000240. The van der Waals surface area contributed by atoms with E-state index < -0.39 is 24.6 Å². The number of hydrogen-bond acceptors (Lipinski definition) is 4. The number of alkyl halides is 7. The molecule has 160 valence electrons. The number of amidine groups is 1. The first-order chi connectivity index (χ1) is 13.0. The molecule has 3 nitrogen and oxygen atoms in total. The van der Waals surface area contributed by atoms with Crippen LogP contribution in [-0.4, -0.2) is 47.8 Å². The molecule has 0 unspecified atom stereocenters. The number of ether oxygens (including phenoxy) is 1. The van der Waals surface area contributed by atoms with Gasteiger partial charge in [-0.05, 0) is 30.2 Å². The summed E-state index contributed by atoms with van der Waals surface area (Å²) in [5, 5.41) is 0.913. The summed E-state index contributed by atoms with van der Waals surface area (Å²) in [6.45, 7) is -0.514. The zero-order valence-electron chi connectivity index (χ0n) is 14.5. The zero-order chi connectivity index (χ0) is 20.3. The summed E-state index contributed by atoms with van der Waals surface area (Å²) < 4.78 is 93.9. The second-order valence-electron chi connectivity index (χ2n) is 6.60. The smallest absolute Gasteiger partial charge is 0.460 e. The van der Waals surface area contributed by atoms with Crippen LogP contribution in [0, 0.1) is 0 Å². The van der Waals surface area contributed by atoms with Crippen molar-refractivity contribution in [3.05, 3.63) is 34.2 Å². The fraction of sp³-hybridized carbons (Fsp3) is 0.471. The molecule has 1 aromatic carbocycles. The van der Waals surface area contributed by atoms with Gasteiger partial charge in [0, 0.05) is 30.0 Å². The normalized spacial score (nSPS) is 18.7. The van der Waals surface area contributed by atoms with Crippen molar-refractivity contribution in [2.24, 2.45) is 4.99 Å². The molecule has 0 atom stereocenters. The Morgan fingerprint density at radius 1 is 1.10 bits per heavy atom. The number of halogens is 8. The lowest BCUT2D eigenvalue weighted by molar-refractivity contribution is -0.358. The lowest BCUT2D eigenvalue weighted by atomic mass is 10.1. The molecule has 0 saturated carbocycles. The Kier molecular flexibility index (Phi) is 5.53. The van der Waals surface area contributed by atoms with Crippen LogP contribution in [0.1, 0.15) is 17.5 Å². The fourth-order valence-corrected chi connectivity index (χ4v) is 4.50. The third kappa shape index (κ3) is 3.56. The summed E-state index contributed by atoms with van der Waals surface area (Å²) >= 11 is 1.52. The van der Waals surface area contributed by atoms with Crippen molar-refractivity contribution in [3.8, 4) is 5.75 Å². The van der Waals surface area contributed by atoms with Gasteiger partial charge in [-0.2, -0.15) is 30.7 Å². The molecule has 2 heterocycles. The van der Waals surface area contributed by atoms with Crippen molar-refractivity contribution in [2.75, 3.05) is 19.7 Å². The van der Waals surface area contributed by atoms with Gasteiger partial charge in [0.05, 0.1) is 5.70 Å². The molecule has 3 aliphatic rings. The standard InChI is InChI=1S/C17H13F7N2OS.ClH/c18-15(19,16(20,21)17(22,23)24)8-27-10-2-3-11-9(6-10)7-12-13(11)26-5-1-4-25-14(26)28-12;/h2-3,6H,1,4-5,7-8H2;1H. The predicted molar refractivity (Wildman–Crippen MR) is 97.0 cm³/mol. The highest BCUT2D eigenvalue weighted by Crippen LogP contribution is 2.49. The first-order valence-corrected chi connectivity index (χ1v) is 9.14. The monoisotopic (exact) mass is 462 g/mol. The molecule has 29 heavy (non-hydrogen) atoms. The van der Waals surface area contributed by atoms with Gasteiger partial charge in [0.15, 0.2) is 11.8 Å². The molecule has 0 radical (unpaired) electrons. The lowest BCUT2D eigenvalue weighted by Gasteiger charge is -2.28. The summed E-state index contributed by atoms with van der Waals surface area (Å²) in [7, 11) is 0. The highest BCUT2D eigenvalue weighted by Gasteiger charge is 2.73. The minimum atomic E-state index is -6.37. The van der Waals surface area contributed by atoms with Gasteiger partial charge in [-0.1, -0.05) is 11.8 Å². The number of nitrogens with zero attached hydrogens (tertiary/aromatic N) is 2. The van der Waals surface area contributed by atoms with Gasteiger partial charge in [0.25, 0.3) is 0 Å². The molecule has 0 spiro atoms. The highest BCUT2D eigenvalue weighted by atomic mass is 35.5. The van der Waals surface area contributed by atoms with Crippen LogP contribution in [0.4, 0.5) is 30.7 Å². The number of aliphatic imine (C=N–C) groups is 1. The second kappa shape index (κ2) is 7.26. The SMILES string of the molecule is Cl.FC(F)(F)C(F)(F)C(F)(F)COc1ccc2c(c1)CC1=C2N2CCCN=C2S1. The molecule has 12 heteroatoms. The Morgan fingerprint density at radius 2 is 1.83 bits per heavy atom. The highest BCUT2D eigenvalue weighted by molar-refractivity contribution is 8.17. The molecule has 1 aliphatic carbocycles. The van der Waals surface area contributed by atoms with E-state index in [1.807, 2.05) is 0 Å². The average molecular weight is 463 g/mol. The molecule has 0 aromatic heterocycles. The van der Waals surface area contributed by atoms with Crippen molar-refractivity contribution >= 4 is 35.0 Å². The molecule has 2 aliphatic heterocycles. The van der Waals surface area contributed by atoms with Crippen molar-refractivity contribution in [3.63, 3.8) is 0 Å². The summed E-state index contributed by atoms with van der Waals surface area (Å²) in [5.74, 6) is -11.8. The number of allylic oxidation sites excluding steroid dienone is 1. The van der Waals surface area contributed by atoms with Crippen molar-refractivity contribution in [1.82, 2.24) is 4.90 Å². The van der Waals surface area contributed by atoms with E-state index >= 15 is 0 Å². The van der Waals surface area contributed by atoms with Crippen LogP contribution in [0.2, 0.25) is 0 Å². The van der Waals surface area contributed by atoms with E-state index in [4.69, 9.17) is 0 Å². The quantitative estimate of drug-likeness (QED) is 0.564. The van der Waals surface area contributed by atoms with E-state index in [-0.39, 0.29) is 18.2 Å². The van der Waals surface area contributed by atoms with Gasteiger partial charge in [-0.15, -0.1) is 12.4 Å². The maximum absolute atomic E-state index is 13.4. The molecule has 4 rings (SSSR count). The van der Waals surface area contributed by atoms with Crippen LogP contribution in [0.15, 0.2) is 28.1 Å². The minimum absolute atomic E-state index is 0. The Hall–Kier alpha value is -1.62. The number of thioether (sulfide) groups is 1. The van der Waals surface area contributed by atoms with E-state index in [1.165, 1.54) is 23.9 Å². The maximum Gasteiger partial charge on any atom is 0.460 e. The van der Waals surface area contributed by atoms with Gasteiger partial charge in [-0.25, -0.2) is 0 Å². The number of fused-ring (bicyclic) bond motifs is 4. The Morgan fingerprint density at radius 3 is 2.52 bits per heavy atom. The summed E-state index contributed by atoms with van der Waals surface area (Å²) in [6, 6.07) is 4.29. The number of rotatable bonds is 4. The van der Waals surface area contributed by atoms with Crippen LogP contribution in [0.3, 0.4) is 0 Å². The summed E-state index contributed by atoms with van der Waals surface area (Å²) in [5.41, 5.74) is 2.58. The molecule has 0 fully saturated rings. The van der Waals surface area contributed by atoms with Crippen molar-refractivity contribution in [2.45, 2.75) is 30.9 Å². The Labute approximate surface area is 171 Å². The Bertz CT molecular complexity index is 885. The van der Waals surface area contributed by atoms with Gasteiger partial charge >= 0.3 is 18.0 Å². The van der Waals surface area contributed by atoms with Crippen LogP contribution >= 0.6 is 24.2 Å². The van der Waals surface area contributed by atoms with Gasteiger partial charge in [0.2, 0.25) is 0 Å². The largest absolute Gasteiger partial charge is 0.487 e. The fourth-order valence-electron chi connectivity index (χ4n) is 3.29. The summed E-state index contributed by atoms with van der Waals surface area (Å²) in [6.07, 6.45) is -4.97. The molecule has 0 N–H and O–H groups in total.